The number of pyridine rings is 1. The zero-order chi connectivity index (χ0) is 24.8. The summed E-state index contributed by atoms with van der Waals surface area (Å²) < 4.78 is 0.729. The van der Waals surface area contributed by atoms with Crippen LogP contribution in [-0.4, -0.2) is 83.7 Å². The van der Waals surface area contributed by atoms with Crippen molar-refractivity contribution in [2.45, 2.75) is 25.4 Å². The lowest BCUT2D eigenvalue weighted by Gasteiger charge is -2.20. The Bertz CT molecular complexity index is 1070. The lowest BCUT2D eigenvalue weighted by atomic mass is 10.2. The summed E-state index contributed by atoms with van der Waals surface area (Å²) in [4.78, 5) is 62.6. The molecule has 0 saturated heterocycles. The van der Waals surface area contributed by atoms with Crippen molar-refractivity contribution in [2.24, 2.45) is 0 Å². The smallest absolute Gasteiger partial charge is 0.314 e. The van der Waals surface area contributed by atoms with Crippen LogP contribution in [0.25, 0.3) is 0 Å². The predicted molar refractivity (Wildman–Crippen MR) is 130 cm³/mol. The standard InChI is InChI=1S/C21H26BrN7O4S/c1-28(2)17(30)8-13(10-24-18(31)19(32)27-16-5-4-12(22)9-23-16)25-20(33)21-26-14-6-7-29(3)11-15(14)34-21/h4-5,9,13H,6-8,10-11H2,1-3H3,(H,24,31)(H,25,33)(H,23,27,32)/t13-/m1/s1. The zero-order valence-corrected chi connectivity index (χ0v) is 21.5. The number of nitrogens with zero attached hydrogens (tertiary/aromatic N) is 4. The first-order chi connectivity index (χ1) is 16.1. The molecule has 1 aliphatic heterocycles. The number of fused-ring (bicyclic) bond motifs is 1. The first-order valence-corrected chi connectivity index (χ1v) is 12.1. The molecule has 3 heterocycles. The van der Waals surface area contributed by atoms with Crippen LogP contribution in [-0.2, 0) is 27.3 Å². The lowest BCUT2D eigenvalue weighted by molar-refractivity contribution is -0.136. The molecule has 34 heavy (non-hydrogen) atoms. The van der Waals surface area contributed by atoms with Crippen molar-refractivity contribution < 1.29 is 19.2 Å². The summed E-state index contributed by atoms with van der Waals surface area (Å²) in [5.41, 5.74) is 0.917. The molecule has 1 aliphatic rings. The second-order valence-corrected chi connectivity index (χ2v) is 10.1. The molecule has 3 N–H and O–H groups in total. The van der Waals surface area contributed by atoms with E-state index in [1.165, 1.54) is 22.4 Å². The van der Waals surface area contributed by atoms with Gasteiger partial charge in [-0.15, -0.1) is 11.3 Å². The molecular formula is C21H26BrN7O4S. The van der Waals surface area contributed by atoms with Gasteiger partial charge in [0.25, 0.3) is 5.91 Å². The Morgan fingerprint density at radius 1 is 1.24 bits per heavy atom. The molecule has 0 fully saturated rings. The Balaban J connectivity index is 1.61. The van der Waals surface area contributed by atoms with Crippen molar-refractivity contribution in [2.75, 3.05) is 39.5 Å². The first kappa shape index (κ1) is 25.7. The van der Waals surface area contributed by atoms with E-state index in [-0.39, 0.29) is 24.7 Å². The minimum Gasteiger partial charge on any atom is -0.349 e. The number of aromatic nitrogens is 2. The molecule has 2 aromatic rings. The average molecular weight is 552 g/mol. The van der Waals surface area contributed by atoms with Crippen molar-refractivity contribution >= 4 is 56.7 Å². The molecule has 0 aromatic carbocycles. The maximum absolute atomic E-state index is 12.8. The average Bonchev–Trinajstić information content (AvgIpc) is 3.22. The van der Waals surface area contributed by atoms with Crippen molar-refractivity contribution in [3.63, 3.8) is 0 Å². The summed E-state index contributed by atoms with van der Waals surface area (Å²) in [6.07, 6.45) is 2.21. The van der Waals surface area contributed by atoms with Crippen LogP contribution < -0.4 is 16.0 Å². The number of thiazole rings is 1. The van der Waals surface area contributed by atoms with E-state index in [0.717, 1.165) is 34.6 Å². The van der Waals surface area contributed by atoms with Crippen LogP contribution in [0.15, 0.2) is 22.8 Å². The fraction of sp³-hybridized carbons (Fsp3) is 0.429. The normalized spacial score (nSPS) is 14.0. The van der Waals surface area contributed by atoms with Gasteiger partial charge in [0.05, 0.1) is 11.7 Å². The number of hydrogen-bond donors (Lipinski definition) is 3. The van der Waals surface area contributed by atoms with E-state index in [9.17, 15) is 19.2 Å². The number of halogens is 1. The largest absolute Gasteiger partial charge is 0.349 e. The Morgan fingerprint density at radius 2 is 2.00 bits per heavy atom. The number of carbonyl (C=O) groups excluding carboxylic acids is 4. The highest BCUT2D eigenvalue weighted by molar-refractivity contribution is 9.10. The fourth-order valence-electron chi connectivity index (χ4n) is 3.15. The Hall–Kier alpha value is -2.90. The van der Waals surface area contributed by atoms with E-state index < -0.39 is 23.8 Å². The molecule has 2 aromatic heterocycles. The molecular weight excluding hydrogens is 526 g/mol. The number of amides is 4. The maximum atomic E-state index is 12.8. The summed E-state index contributed by atoms with van der Waals surface area (Å²) in [6.45, 7) is 1.50. The quantitative estimate of drug-likeness (QED) is 0.429. The number of anilines is 1. The SMILES string of the molecule is CN1CCc2nc(C(=O)N[C@@H](CNC(=O)C(=O)Nc3ccc(Br)cn3)CC(=O)N(C)C)sc2C1. The van der Waals surface area contributed by atoms with Crippen LogP contribution >= 0.6 is 27.3 Å². The van der Waals surface area contributed by atoms with Gasteiger partial charge in [-0.1, -0.05) is 0 Å². The highest BCUT2D eigenvalue weighted by Gasteiger charge is 2.25. The molecule has 0 aliphatic carbocycles. The van der Waals surface area contributed by atoms with Crippen LogP contribution in [0.3, 0.4) is 0 Å². The van der Waals surface area contributed by atoms with Crippen LogP contribution in [0.5, 0.6) is 0 Å². The molecule has 3 rings (SSSR count). The minimum atomic E-state index is -0.908. The molecule has 182 valence electrons. The second-order valence-electron chi connectivity index (χ2n) is 8.07. The number of carbonyl (C=O) groups is 4. The fourth-order valence-corrected chi connectivity index (χ4v) is 4.48. The van der Waals surface area contributed by atoms with Gasteiger partial charge < -0.3 is 25.8 Å². The van der Waals surface area contributed by atoms with Crippen molar-refractivity contribution in [3.05, 3.63) is 38.4 Å². The molecule has 11 nitrogen and oxygen atoms in total. The third-order valence-electron chi connectivity index (χ3n) is 5.06. The Labute approximate surface area is 209 Å². The lowest BCUT2D eigenvalue weighted by Crippen LogP contribution is -2.48. The van der Waals surface area contributed by atoms with E-state index in [1.54, 1.807) is 26.2 Å². The maximum Gasteiger partial charge on any atom is 0.314 e. The van der Waals surface area contributed by atoms with Crippen molar-refractivity contribution in [1.29, 1.82) is 0 Å². The van der Waals surface area contributed by atoms with Gasteiger partial charge in [-0.25, -0.2) is 9.97 Å². The monoisotopic (exact) mass is 551 g/mol. The summed E-state index contributed by atoms with van der Waals surface area (Å²) in [5.74, 6) is -2.25. The van der Waals surface area contributed by atoms with Gasteiger partial charge in [0.15, 0.2) is 5.01 Å². The van der Waals surface area contributed by atoms with E-state index >= 15 is 0 Å². The third-order valence-corrected chi connectivity index (χ3v) is 6.61. The second kappa shape index (κ2) is 11.5. The van der Waals surface area contributed by atoms with Crippen LogP contribution in [0, 0.1) is 0 Å². The third kappa shape index (κ3) is 7.05. The summed E-state index contributed by atoms with van der Waals surface area (Å²) in [6, 6.07) is 2.49. The van der Waals surface area contributed by atoms with Gasteiger partial charge >= 0.3 is 11.8 Å². The highest BCUT2D eigenvalue weighted by atomic mass is 79.9. The Morgan fingerprint density at radius 3 is 2.68 bits per heavy atom. The number of nitrogens with one attached hydrogen (secondary N) is 3. The molecule has 0 unspecified atom stereocenters. The van der Waals surface area contributed by atoms with Gasteiger partial charge in [0, 0.05) is 62.1 Å². The summed E-state index contributed by atoms with van der Waals surface area (Å²) >= 11 is 4.56. The molecule has 4 amide bonds. The van der Waals surface area contributed by atoms with E-state index in [0.29, 0.717) is 5.01 Å². The highest BCUT2D eigenvalue weighted by Crippen LogP contribution is 2.24. The first-order valence-electron chi connectivity index (χ1n) is 10.5. The van der Waals surface area contributed by atoms with Gasteiger partial charge in [0.1, 0.15) is 5.82 Å². The molecule has 0 bridgehead atoms. The van der Waals surface area contributed by atoms with Gasteiger partial charge in [-0.05, 0) is 35.1 Å². The van der Waals surface area contributed by atoms with Crippen molar-refractivity contribution in [3.8, 4) is 0 Å². The number of rotatable bonds is 7. The summed E-state index contributed by atoms with van der Waals surface area (Å²) in [7, 11) is 5.21. The van der Waals surface area contributed by atoms with E-state index in [2.05, 4.69) is 46.7 Å². The van der Waals surface area contributed by atoms with E-state index in [4.69, 9.17) is 0 Å². The van der Waals surface area contributed by atoms with Crippen LogP contribution in [0.2, 0.25) is 0 Å². The van der Waals surface area contributed by atoms with Gasteiger partial charge in [0.2, 0.25) is 5.91 Å². The summed E-state index contributed by atoms with van der Waals surface area (Å²) in [5, 5.41) is 7.95. The minimum absolute atomic E-state index is 0.0528. The predicted octanol–water partition coefficient (Wildman–Crippen LogP) is 0.620. The van der Waals surface area contributed by atoms with Gasteiger partial charge in [-0.2, -0.15) is 0 Å². The topological polar surface area (TPSA) is 137 Å². The van der Waals surface area contributed by atoms with Crippen LogP contribution in [0.4, 0.5) is 5.82 Å². The number of hydrogen-bond acceptors (Lipinski definition) is 8. The van der Waals surface area contributed by atoms with E-state index in [1.807, 2.05) is 7.05 Å². The zero-order valence-electron chi connectivity index (χ0n) is 19.1. The van der Waals surface area contributed by atoms with Crippen molar-refractivity contribution in [1.82, 2.24) is 30.4 Å². The molecule has 0 saturated carbocycles. The Kier molecular flexibility index (Phi) is 8.69. The van der Waals surface area contributed by atoms with Crippen LogP contribution in [0.1, 0.15) is 26.8 Å². The molecule has 0 spiro atoms. The molecule has 0 radical (unpaired) electrons. The number of likely N-dealkylation sites (N-methyl/N-ethyl adjacent to an activating group) is 1. The molecule has 1 atom stereocenters. The van der Waals surface area contributed by atoms with Gasteiger partial charge in [-0.3, -0.25) is 19.2 Å². The molecule has 13 heteroatoms.